The molecule has 1 heterocycles. The standard InChI is InChI=1S/C16H18N2O6S/c1-11(16(20)21)9-17-15(19)12-4-6-14(7-5-12)25(22,23)18-10-13-3-2-8-24-13/h2-8,11,18H,9-10H2,1H3,(H,17,19)(H,20,21). The van der Waals surface area contributed by atoms with Crippen LogP contribution in [0.4, 0.5) is 0 Å². The maximum absolute atomic E-state index is 12.2. The summed E-state index contributed by atoms with van der Waals surface area (Å²) in [6.07, 6.45) is 1.45. The number of rotatable bonds is 8. The molecule has 0 bridgehead atoms. The Balaban J connectivity index is 1.98. The molecule has 0 saturated carbocycles. The Morgan fingerprint density at radius 1 is 1.20 bits per heavy atom. The Morgan fingerprint density at radius 2 is 1.88 bits per heavy atom. The van der Waals surface area contributed by atoms with Crippen molar-refractivity contribution in [1.29, 1.82) is 0 Å². The zero-order valence-electron chi connectivity index (χ0n) is 13.4. The van der Waals surface area contributed by atoms with E-state index in [9.17, 15) is 18.0 Å². The fourth-order valence-electron chi connectivity index (χ4n) is 1.88. The molecule has 0 aliphatic carbocycles. The highest BCUT2D eigenvalue weighted by Crippen LogP contribution is 2.12. The van der Waals surface area contributed by atoms with Gasteiger partial charge in [-0.3, -0.25) is 9.59 Å². The van der Waals surface area contributed by atoms with E-state index in [4.69, 9.17) is 9.52 Å². The normalized spacial score (nSPS) is 12.5. The first-order valence-electron chi connectivity index (χ1n) is 7.42. The van der Waals surface area contributed by atoms with Crippen molar-refractivity contribution in [2.45, 2.75) is 18.4 Å². The summed E-state index contributed by atoms with van der Waals surface area (Å²) in [5, 5.41) is 11.3. The van der Waals surface area contributed by atoms with Crippen LogP contribution in [0.25, 0.3) is 0 Å². The number of amides is 1. The zero-order chi connectivity index (χ0) is 18.4. The minimum atomic E-state index is -3.74. The number of carboxylic acid groups (broad SMARTS) is 1. The number of aliphatic carboxylic acids is 1. The SMILES string of the molecule is CC(CNC(=O)c1ccc(S(=O)(=O)NCc2ccco2)cc1)C(=O)O. The van der Waals surface area contributed by atoms with Gasteiger partial charge in [0.25, 0.3) is 5.91 Å². The van der Waals surface area contributed by atoms with E-state index in [1.807, 2.05) is 0 Å². The van der Waals surface area contributed by atoms with E-state index in [1.165, 1.54) is 37.5 Å². The van der Waals surface area contributed by atoms with Crippen LogP contribution in [-0.2, 0) is 21.4 Å². The molecule has 0 aliphatic rings. The molecule has 1 atom stereocenters. The van der Waals surface area contributed by atoms with Crippen LogP contribution in [0.5, 0.6) is 0 Å². The lowest BCUT2D eigenvalue weighted by Crippen LogP contribution is -2.31. The minimum absolute atomic E-state index is 0.00881. The van der Waals surface area contributed by atoms with Crippen LogP contribution in [0.1, 0.15) is 23.0 Å². The number of carbonyl (C=O) groups is 2. The summed E-state index contributed by atoms with van der Waals surface area (Å²) in [6, 6.07) is 8.64. The first-order chi connectivity index (χ1) is 11.8. The smallest absolute Gasteiger partial charge is 0.308 e. The molecule has 0 radical (unpaired) electrons. The van der Waals surface area contributed by atoms with Gasteiger partial charge in [0.05, 0.1) is 23.6 Å². The van der Waals surface area contributed by atoms with Gasteiger partial charge in [-0.05, 0) is 36.4 Å². The largest absolute Gasteiger partial charge is 0.481 e. The number of sulfonamides is 1. The van der Waals surface area contributed by atoms with Crippen LogP contribution in [0, 0.1) is 5.92 Å². The van der Waals surface area contributed by atoms with Crippen LogP contribution in [-0.4, -0.2) is 31.9 Å². The van der Waals surface area contributed by atoms with Crippen molar-refractivity contribution in [3.05, 3.63) is 54.0 Å². The van der Waals surface area contributed by atoms with E-state index < -0.39 is 27.8 Å². The van der Waals surface area contributed by atoms with Gasteiger partial charge in [-0.15, -0.1) is 0 Å². The summed E-state index contributed by atoms with van der Waals surface area (Å²) >= 11 is 0. The molecule has 1 aromatic carbocycles. The van der Waals surface area contributed by atoms with Crippen molar-refractivity contribution in [3.8, 4) is 0 Å². The van der Waals surface area contributed by atoms with Gasteiger partial charge in [0.2, 0.25) is 10.0 Å². The van der Waals surface area contributed by atoms with Crippen molar-refractivity contribution in [2.75, 3.05) is 6.54 Å². The molecule has 0 spiro atoms. The summed E-state index contributed by atoms with van der Waals surface area (Å²) in [5.41, 5.74) is 0.238. The molecule has 0 aliphatic heterocycles. The molecule has 1 amide bonds. The summed E-state index contributed by atoms with van der Waals surface area (Å²) < 4.78 is 31.8. The van der Waals surface area contributed by atoms with E-state index >= 15 is 0 Å². The fraction of sp³-hybridized carbons (Fsp3) is 0.250. The second-order valence-corrected chi connectivity index (χ2v) is 7.14. The van der Waals surface area contributed by atoms with E-state index in [1.54, 1.807) is 12.1 Å². The third-order valence-corrected chi connectivity index (χ3v) is 4.85. The Morgan fingerprint density at radius 3 is 2.44 bits per heavy atom. The maximum atomic E-state index is 12.2. The molecule has 1 aromatic heterocycles. The van der Waals surface area contributed by atoms with Gasteiger partial charge in [-0.1, -0.05) is 6.92 Å². The van der Waals surface area contributed by atoms with Crippen LogP contribution in [0.2, 0.25) is 0 Å². The minimum Gasteiger partial charge on any atom is -0.481 e. The predicted molar refractivity (Wildman–Crippen MR) is 88.3 cm³/mol. The number of benzene rings is 1. The fourth-order valence-corrected chi connectivity index (χ4v) is 2.88. The van der Waals surface area contributed by atoms with Crippen LogP contribution in [0.15, 0.2) is 52.0 Å². The lowest BCUT2D eigenvalue weighted by atomic mass is 10.1. The summed E-state index contributed by atoms with van der Waals surface area (Å²) in [6.45, 7) is 1.48. The molecule has 0 saturated heterocycles. The van der Waals surface area contributed by atoms with Gasteiger partial charge in [-0.25, -0.2) is 13.1 Å². The van der Waals surface area contributed by atoms with Crippen molar-refractivity contribution in [2.24, 2.45) is 5.92 Å². The summed E-state index contributed by atoms with van der Waals surface area (Å²) in [5.74, 6) is -1.72. The number of nitrogens with one attached hydrogen (secondary N) is 2. The lowest BCUT2D eigenvalue weighted by Gasteiger charge is -2.09. The van der Waals surface area contributed by atoms with Crippen molar-refractivity contribution < 1.29 is 27.5 Å². The Labute approximate surface area is 144 Å². The van der Waals surface area contributed by atoms with Gasteiger partial charge >= 0.3 is 5.97 Å². The van der Waals surface area contributed by atoms with Gasteiger partial charge in [0.15, 0.2) is 0 Å². The molecule has 0 fully saturated rings. The van der Waals surface area contributed by atoms with Crippen molar-refractivity contribution in [3.63, 3.8) is 0 Å². The Bertz CT molecular complexity index is 828. The van der Waals surface area contributed by atoms with E-state index in [0.29, 0.717) is 5.76 Å². The summed E-state index contributed by atoms with van der Waals surface area (Å²) in [4.78, 5) is 22.7. The average molecular weight is 366 g/mol. The second kappa shape index (κ2) is 7.95. The number of hydrogen-bond acceptors (Lipinski definition) is 5. The quantitative estimate of drug-likeness (QED) is 0.645. The zero-order valence-corrected chi connectivity index (χ0v) is 14.2. The van der Waals surface area contributed by atoms with Gasteiger partial charge in [0, 0.05) is 12.1 Å². The van der Waals surface area contributed by atoms with E-state index in [0.717, 1.165) is 0 Å². The molecule has 2 aromatic rings. The first kappa shape index (κ1) is 18.7. The van der Waals surface area contributed by atoms with E-state index in [-0.39, 0.29) is 23.5 Å². The molecular formula is C16H18N2O6S. The first-order valence-corrected chi connectivity index (χ1v) is 8.91. The van der Waals surface area contributed by atoms with Crippen molar-refractivity contribution in [1.82, 2.24) is 10.0 Å². The average Bonchev–Trinajstić information content (AvgIpc) is 3.11. The monoisotopic (exact) mass is 366 g/mol. The number of carbonyl (C=O) groups excluding carboxylic acids is 1. The summed E-state index contributed by atoms with van der Waals surface area (Å²) in [7, 11) is -3.74. The van der Waals surface area contributed by atoms with Gasteiger partial charge in [-0.2, -0.15) is 0 Å². The van der Waals surface area contributed by atoms with Crippen LogP contribution >= 0.6 is 0 Å². The van der Waals surface area contributed by atoms with Gasteiger partial charge < -0.3 is 14.8 Å². The third-order valence-electron chi connectivity index (χ3n) is 3.43. The lowest BCUT2D eigenvalue weighted by molar-refractivity contribution is -0.140. The van der Waals surface area contributed by atoms with Crippen molar-refractivity contribution >= 4 is 21.9 Å². The molecule has 134 valence electrons. The second-order valence-electron chi connectivity index (χ2n) is 5.38. The maximum Gasteiger partial charge on any atom is 0.308 e. The van der Waals surface area contributed by atoms with E-state index in [2.05, 4.69) is 10.0 Å². The topological polar surface area (TPSA) is 126 Å². The molecule has 3 N–H and O–H groups in total. The molecule has 9 heteroatoms. The predicted octanol–water partition coefficient (Wildman–Crippen LogP) is 1.21. The molecular weight excluding hydrogens is 348 g/mol. The third kappa shape index (κ3) is 5.16. The highest BCUT2D eigenvalue weighted by atomic mass is 32.2. The Kier molecular flexibility index (Phi) is 5.94. The molecule has 8 nitrogen and oxygen atoms in total. The highest BCUT2D eigenvalue weighted by Gasteiger charge is 2.16. The van der Waals surface area contributed by atoms with Crippen LogP contribution < -0.4 is 10.0 Å². The van der Waals surface area contributed by atoms with Crippen LogP contribution in [0.3, 0.4) is 0 Å². The molecule has 2 rings (SSSR count). The molecule has 25 heavy (non-hydrogen) atoms. The number of hydrogen-bond donors (Lipinski definition) is 3. The highest BCUT2D eigenvalue weighted by molar-refractivity contribution is 7.89. The number of carboxylic acids is 1. The van der Waals surface area contributed by atoms with Gasteiger partial charge in [0.1, 0.15) is 5.76 Å². The molecule has 1 unspecified atom stereocenters. The Hall–Kier alpha value is -2.65. The number of furan rings is 1.